The highest BCUT2D eigenvalue weighted by Crippen LogP contribution is 2.26. The second-order valence-corrected chi connectivity index (χ2v) is 4.76. The third-order valence-corrected chi connectivity index (χ3v) is 3.98. The zero-order chi connectivity index (χ0) is 9.26. The van der Waals surface area contributed by atoms with Crippen LogP contribution in [0, 0.1) is 0 Å². The molecule has 2 rings (SSSR count). The van der Waals surface area contributed by atoms with Gasteiger partial charge in [0.25, 0.3) is 0 Å². The maximum atomic E-state index is 11.2. The van der Waals surface area contributed by atoms with Crippen molar-refractivity contribution in [1.29, 1.82) is 0 Å². The number of carbonyl (C=O) groups excluding carboxylic acids is 1. The van der Waals surface area contributed by atoms with E-state index in [-0.39, 0.29) is 28.2 Å². The van der Waals surface area contributed by atoms with Gasteiger partial charge in [-0.1, -0.05) is 0 Å². The van der Waals surface area contributed by atoms with Crippen LogP contribution in [-0.4, -0.2) is 41.0 Å². The third kappa shape index (κ3) is 2.51. The summed E-state index contributed by atoms with van der Waals surface area (Å²) < 4.78 is 7.17. The molecule has 0 radical (unpaired) electrons. The molecule has 0 aromatic heterocycles. The van der Waals surface area contributed by atoms with Crippen LogP contribution >= 0.6 is 11.8 Å². The molecule has 1 fully saturated rings. The van der Waals surface area contributed by atoms with Crippen molar-refractivity contribution in [3.05, 3.63) is 0 Å². The Morgan fingerprint density at radius 3 is 2.86 bits per heavy atom. The molecule has 1 unspecified atom stereocenters. The molecule has 0 aliphatic carbocycles. The molecule has 2 heterocycles. The van der Waals surface area contributed by atoms with Crippen molar-refractivity contribution >= 4 is 22.8 Å². The van der Waals surface area contributed by atoms with Crippen molar-refractivity contribution in [3.63, 3.8) is 0 Å². The molecule has 80 valence electrons. The van der Waals surface area contributed by atoms with Gasteiger partial charge in [0.1, 0.15) is 18.8 Å². The average molecular weight is 280 g/mol. The maximum absolute atomic E-state index is 11.2. The van der Waals surface area contributed by atoms with Crippen LogP contribution in [0.15, 0.2) is 0 Å². The Morgan fingerprint density at radius 1 is 1.57 bits per heavy atom. The molecule has 3 nitrogen and oxygen atoms in total. The van der Waals surface area contributed by atoms with Gasteiger partial charge >= 0.3 is 5.97 Å². The lowest BCUT2D eigenvalue weighted by Gasteiger charge is -2.01. The second-order valence-electron chi connectivity index (χ2n) is 3.48. The van der Waals surface area contributed by atoms with Crippen LogP contribution in [0.1, 0.15) is 19.3 Å². The minimum atomic E-state index is -0.0298. The molecule has 0 bridgehead atoms. The summed E-state index contributed by atoms with van der Waals surface area (Å²) in [5, 5.41) is 1.42. The highest BCUT2D eigenvalue weighted by Gasteiger charge is 2.32. The molecule has 1 saturated heterocycles. The van der Waals surface area contributed by atoms with E-state index >= 15 is 0 Å². The Balaban J connectivity index is 0.000000980. The Labute approximate surface area is 98.7 Å². The summed E-state index contributed by atoms with van der Waals surface area (Å²) in [5.74, 6) is -0.0298. The molecule has 0 aromatic rings. The van der Waals surface area contributed by atoms with E-state index in [1.165, 1.54) is 11.5 Å². The topological polar surface area (TPSA) is 29.3 Å². The molecular formula is C9H14BrNO2S. The SMILES string of the molecule is C[N+]1=C(SC2CCOC2=O)CCC1.[Br-]. The van der Waals surface area contributed by atoms with Crippen LogP contribution in [0.4, 0.5) is 0 Å². The molecule has 0 amide bonds. The Hall–Kier alpha value is -0.0300. The van der Waals surface area contributed by atoms with Gasteiger partial charge in [0.2, 0.25) is 5.04 Å². The molecule has 5 heteroatoms. The highest BCUT2D eigenvalue weighted by molar-refractivity contribution is 8.14. The number of carbonyl (C=O) groups is 1. The van der Waals surface area contributed by atoms with E-state index in [2.05, 4.69) is 11.6 Å². The van der Waals surface area contributed by atoms with E-state index in [0.29, 0.717) is 6.61 Å². The second kappa shape index (κ2) is 5.16. The van der Waals surface area contributed by atoms with Crippen LogP contribution in [0.25, 0.3) is 0 Å². The quantitative estimate of drug-likeness (QED) is 0.406. The first-order chi connectivity index (χ1) is 6.27. The Bertz CT molecular complexity index is 268. The van der Waals surface area contributed by atoms with E-state index in [1.54, 1.807) is 11.8 Å². The number of rotatable bonds is 1. The summed E-state index contributed by atoms with van der Waals surface area (Å²) in [6, 6.07) is 0. The Kier molecular flexibility index (Phi) is 4.44. The molecule has 0 spiro atoms. The monoisotopic (exact) mass is 279 g/mol. The summed E-state index contributed by atoms with van der Waals surface area (Å²) in [6.45, 7) is 1.73. The summed E-state index contributed by atoms with van der Waals surface area (Å²) in [6.07, 6.45) is 3.23. The van der Waals surface area contributed by atoms with Gasteiger partial charge in [-0.25, -0.2) is 4.58 Å². The van der Waals surface area contributed by atoms with E-state index in [4.69, 9.17) is 4.74 Å². The smallest absolute Gasteiger partial charge is 0.319 e. The van der Waals surface area contributed by atoms with E-state index < -0.39 is 0 Å². The molecule has 0 N–H and O–H groups in total. The number of thioether (sulfide) groups is 1. The standard InChI is InChI=1S/C9H14NO2S.BrH/c1-10-5-2-3-8(10)13-7-4-6-12-9(7)11;/h7H,2-6H2,1H3;1H/q+1;/p-1. The summed E-state index contributed by atoms with van der Waals surface area (Å²) in [5.41, 5.74) is 0. The van der Waals surface area contributed by atoms with Crippen LogP contribution in [0.5, 0.6) is 0 Å². The van der Waals surface area contributed by atoms with Crippen molar-refractivity contribution < 1.29 is 31.1 Å². The zero-order valence-electron chi connectivity index (χ0n) is 8.16. The third-order valence-electron chi connectivity index (χ3n) is 2.48. The fraction of sp³-hybridized carbons (Fsp3) is 0.778. The molecule has 1 atom stereocenters. The van der Waals surface area contributed by atoms with Gasteiger partial charge in [-0.3, -0.25) is 4.79 Å². The lowest BCUT2D eigenvalue weighted by atomic mass is 10.4. The van der Waals surface area contributed by atoms with Crippen LogP contribution in [0.2, 0.25) is 0 Å². The number of ether oxygens (including phenoxy) is 1. The minimum absolute atomic E-state index is 0. The molecule has 2 aliphatic rings. The fourth-order valence-electron chi connectivity index (χ4n) is 1.68. The summed E-state index contributed by atoms with van der Waals surface area (Å²) >= 11 is 1.70. The number of hydrogen-bond acceptors (Lipinski definition) is 3. The van der Waals surface area contributed by atoms with Crippen molar-refractivity contribution in [1.82, 2.24) is 0 Å². The summed E-state index contributed by atoms with van der Waals surface area (Å²) in [4.78, 5) is 11.2. The number of halogens is 1. The Morgan fingerprint density at radius 2 is 2.36 bits per heavy atom. The number of nitrogens with zero attached hydrogens (tertiary/aromatic N) is 1. The van der Waals surface area contributed by atoms with Gasteiger partial charge in [0, 0.05) is 19.3 Å². The molecular weight excluding hydrogens is 266 g/mol. The lowest BCUT2D eigenvalue weighted by molar-refractivity contribution is -0.486. The van der Waals surface area contributed by atoms with Gasteiger partial charge in [-0.15, -0.1) is 0 Å². The largest absolute Gasteiger partial charge is 1.00 e. The predicted molar refractivity (Wildman–Crippen MR) is 52.2 cm³/mol. The van der Waals surface area contributed by atoms with Crippen LogP contribution in [0.3, 0.4) is 0 Å². The van der Waals surface area contributed by atoms with Crippen molar-refractivity contribution in [2.45, 2.75) is 24.5 Å². The first kappa shape index (κ1) is 12.0. The van der Waals surface area contributed by atoms with Crippen molar-refractivity contribution in [3.8, 4) is 0 Å². The fourth-order valence-corrected chi connectivity index (χ4v) is 2.92. The zero-order valence-corrected chi connectivity index (χ0v) is 10.6. The van der Waals surface area contributed by atoms with E-state index in [0.717, 1.165) is 19.4 Å². The average Bonchev–Trinajstić information content (AvgIpc) is 2.65. The maximum Gasteiger partial charge on any atom is 0.319 e. The summed E-state index contributed by atoms with van der Waals surface area (Å²) in [7, 11) is 2.09. The van der Waals surface area contributed by atoms with Gasteiger partial charge in [0.15, 0.2) is 0 Å². The first-order valence-electron chi connectivity index (χ1n) is 4.67. The lowest BCUT2D eigenvalue weighted by Crippen LogP contribution is -3.00. The highest BCUT2D eigenvalue weighted by atomic mass is 79.9. The van der Waals surface area contributed by atoms with Crippen LogP contribution in [-0.2, 0) is 9.53 Å². The number of hydrogen-bond donors (Lipinski definition) is 0. The number of cyclic esters (lactones) is 1. The van der Waals surface area contributed by atoms with Gasteiger partial charge < -0.3 is 21.7 Å². The van der Waals surface area contributed by atoms with E-state index in [9.17, 15) is 4.79 Å². The molecule has 14 heavy (non-hydrogen) atoms. The molecule has 0 aromatic carbocycles. The van der Waals surface area contributed by atoms with Crippen LogP contribution < -0.4 is 17.0 Å². The van der Waals surface area contributed by atoms with Gasteiger partial charge in [-0.2, -0.15) is 0 Å². The molecule has 0 saturated carbocycles. The molecule has 2 aliphatic heterocycles. The predicted octanol–water partition coefficient (Wildman–Crippen LogP) is -2.13. The van der Waals surface area contributed by atoms with Gasteiger partial charge in [0.05, 0.1) is 6.61 Å². The minimum Gasteiger partial charge on any atom is -1.00 e. The number of esters is 1. The van der Waals surface area contributed by atoms with Gasteiger partial charge in [-0.05, 0) is 11.8 Å². The van der Waals surface area contributed by atoms with Crippen molar-refractivity contribution in [2.75, 3.05) is 20.2 Å². The first-order valence-corrected chi connectivity index (χ1v) is 5.55. The van der Waals surface area contributed by atoms with E-state index in [1.807, 2.05) is 0 Å². The van der Waals surface area contributed by atoms with Crippen molar-refractivity contribution in [2.24, 2.45) is 0 Å². The normalized spacial score (nSPS) is 26.4.